The van der Waals surface area contributed by atoms with Gasteiger partial charge in [0.2, 0.25) is 0 Å². The molecule has 0 bridgehead atoms. The minimum Gasteiger partial charge on any atom is -0.479 e. The lowest BCUT2D eigenvalue weighted by Gasteiger charge is -2.42. The lowest BCUT2D eigenvalue weighted by Crippen LogP contribution is -2.37. The summed E-state index contributed by atoms with van der Waals surface area (Å²) in [5, 5.41) is 0. The van der Waals surface area contributed by atoms with E-state index in [1.807, 2.05) is 19.2 Å². The zero-order valence-electron chi connectivity index (χ0n) is 16.2. The highest BCUT2D eigenvalue weighted by molar-refractivity contribution is 9.11. The van der Waals surface area contributed by atoms with Crippen molar-refractivity contribution in [2.45, 2.75) is 44.4 Å². The second-order valence-corrected chi connectivity index (χ2v) is 9.34. The van der Waals surface area contributed by atoms with Crippen LogP contribution < -0.4 is 4.74 Å². The van der Waals surface area contributed by atoms with Gasteiger partial charge in [-0.3, -0.25) is 9.59 Å². The first-order valence-electron chi connectivity index (χ1n) is 9.75. The molecule has 1 aromatic rings. The summed E-state index contributed by atoms with van der Waals surface area (Å²) in [6, 6.07) is 3.84. The average Bonchev–Trinajstić information content (AvgIpc) is 2.68. The van der Waals surface area contributed by atoms with Gasteiger partial charge >= 0.3 is 0 Å². The van der Waals surface area contributed by atoms with Crippen LogP contribution in [0.5, 0.6) is 5.75 Å². The number of hydrogen-bond donors (Lipinski definition) is 0. The number of nitrogens with zero attached hydrogens (tertiary/aromatic N) is 1. The molecule has 2 aliphatic carbocycles. The highest BCUT2D eigenvalue weighted by atomic mass is 79.9. The summed E-state index contributed by atoms with van der Waals surface area (Å²) in [6.45, 7) is 0.111. The molecule has 1 aromatic carbocycles. The molecule has 0 unspecified atom stereocenters. The molecule has 0 saturated heterocycles. The Morgan fingerprint density at radius 1 is 1.07 bits per heavy atom. The number of carbonyl (C=O) groups is 2. The number of allylic oxidation sites excluding steroid dienone is 4. The third-order valence-corrected chi connectivity index (χ3v) is 6.94. The smallest absolute Gasteiger partial charge is 0.161 e. The number of ether oxygens (including phenoxy) is 1. The van der Waals surface area contributed by atoms with Crippen LogP contribution in [0.4, 0.5) is 0 Å². The molecule has 0 fully saturated rings. The number of rotatable bonds is 3. The van der Waals surface area contributed by atoms with Gasteiger partial charge < -0.3 is 9.64 Å². The van der Waals surface area contributed by atoms with Gasteiger partial charge in [0.15, 0.2) is 11.6 Å². The molecule has 4 rings (SSSR count). The largest absolute Gasteiger partial charge is 0.479 e. The molecule has 29 heavy (non-hydrogen) atoms. The molecular weight excluding hydrogens is 498 g/mol. The Hall–Kier alpha value is -1.84. The van der Waals surface area contributed by atoms with Gasteiger partial charge in [-0.2, -0.15) is 0 Å². The Balaban J connectivity index is 2.00. The van der Waals surface area contributed by atoms with E-state index in [0.717, 1.165) is 62.7 Å². The molecule has 1 aliphatic heterocycles. The fourth-order valence-electron chi connectivity index (χ4n) is 4.72. The van der Waals surface area contributed by atoms with Crippen LogP contribution in [0.2, 0.25) is 0 Å². The van der Waals surface area contributed by atoms with Crippen molar-refractivity contribution in [2.75, 3.05) is 13.7 Å². The number of Topliss-reactive ketones (excluding diaryl/α,β-unsaturated/α-hetero) is 2. The average molecular weight is 519 g/mol. The number of carbonyl (C=O) groups excluding carboxylic acids is 2. The monoisotopic (exact) mass is 517 g/mol. The molecule has 0 N–H and O–H groups in total. The molecule has 0 saturated carbocycles. The molecule has 0 aromatic heterocycles. The SMILES string of the molecule is C#CCOc1c(Br)cc(Br)cc1C1C2=C(CCCC2=O)N(C)C2=C1C(=O)CCC2. The lowest BCUT2D eigenvalue weighted by atomic mass is 9.71. The van der Waals surface area contributed by atoms with Crippen LogP contribution in [0, 0.1) is 12.3 Å². The van der Waals surface area contributed by atoms with Crippen molar-refractivity contribution in [3.05, 3.63) is 49.2 Å². The van der Waals surface area contributed by atoms with Crippen LogP contribution in [0.25, 0.3) is 0 Å². The number of halogens is 2. The topological polar surface area (TPSA) is 46.6 Å². The van der Waals surface area contributed by atoms with Gasteiger partial charge in [0.1, 0.15) is 12.4 Å². The van der Waals surface area contributed by atoms with Crippen LogP contribution in [0.1, 0.15) is 50.0 Å². The quantitative estimate of drug-likeness (QED) is 0.511. The van der Waals surface area contributed by atoms with Crippen LogP contribution in [-0.4, -0.2) is 30.1 Å². The molecule has 6 heteroatoms. The minimum absolute atomic E-state index is 0.111. The van der Waals surface area contributed by atoms with Gasteiger partial charge in [-0.25, -0.2) is 0 Å². The van der Waals surface area contributed by atoms with E-state index in [1.165, 1.54) is 0 Å². The van der Waals surface area contributed by atoms with E-state index in [2.05, 4.69) is 42.7 Å². The molecule has 0 spiro atoms. The predicted octanol–water partition coefficient (Wildman–Crippen LogP) is 5.27. The number of hydrogen-bond acceptors (Lipinski definition) is 4. The molecule has 4 nitrogen and oxygen atoms in total. The standard InChI is InChI=1S/C23H21Br2NO3/c1-3-10-29-23-14(11-13(24)12-15(23)25)20-21-16(6-4-8-18(21)27)26(2)17-7-5-9-19(28)22(17)20/h1,11-12,20H,4-10H2,2H3. The number of ketones is 2. The van der Waals surface area contributed by atoms with Crippen LogP contribution in [-0.2, 0) is 9.59 Å². The predicted molar refractivity (Wildman–Crippen MR) is 118 cm³/mol. The Bertz CT molecular complexity index is 972. The van der Waals surface area contributed by atoms with E-state index in [-0.39, 0.29) is 18.2 Å². The van der Waals surface area contributed by atoms with Gasteiger partial charge in [-0.05, 0) is 53.7 Å². The summed E-state index contributed by atoms with van der Waals surface area (Å²) in [5.41, 5.74) is 4.36. The summed E-state index contributed by atoms with van der Waals surface area (Å²) in [5.74, 6) is 2.92. The third-order valence-electron chi connectivity index (χ3n) is 5.89. The molecule has 0 radical (unpaired) electrons. The van der Waals surface area contributed by atoms with E-state index in [4.69, 9.17) is 11.2 Å². The van der Waals surface area contributed by atoms with Crippen molar-refractivity contribution in [3.63, 3.8) is 0 Å². The van der Waals surface area contributed by atoms with Crippen LogP contribution in [0.3, 0.4) is 0 Å². The Morgan fingerprint density at radius 2 is 1.66 bits per heavy atom. The van der Waals surface area contributed by atoms with Crippen LogP contribution >= 0.6 is 31.9 Å². The first kappa shape index (κ1) is 20.4. The fraction of sp³-hybridized carbons (Fsp3) is 0.391. The molecule has 0 atom stereocenters. The summed E-state index contributed by atoms with van der Waals surface area (Å²) in [4.78, 5) is 28.3. The van der Waals surface area contributed by atoms with E-state index < -0.39 is 5.92 Å². The summed E-state index contributed by atoms with van der Waals surface area (Å²) >= 11 is 7.14. The van der Waals surface area contributed by atoms with E-state index >= 15 is 0 Å². The van der Waals surface area contributed by atoms with E-state index in [0.29, 0.717) is 18.6 Å². The highest BCUT2D eigenvalue weighted by Crippen LogP contribution is 2.51. The van der Waals surface area contributed by atoms with Crippen LogP contribution in [0.15, 0.2) is 43.6 Å². The van der Waals surface area contributed by atoms with Gasteiger partial charge in [0, 0.05) is 58.4 Å². The molecule has 0 amide bonds. The molecular formula is C23H21Br2NO3. The molecule has 1 heterocycles. The summed E-state index contributed by atoms with van der Waals surface area (Å²) in [7, 11) is 1.99. The third kappa shape index (κ3) is 3.49. The zero-order chi connectivity index (χ0) is 20.7. The first-order valence-corrected chi connectivity index (χ1v) is 11.3. The maximum absolute atomic E-state index is 13.1. The van der Waals surface area contributed by atoms with Crippen molar-refractivity contribution < 1.29 is 14.3 Å². The summed E-state index contributed by atoms with van der Waals surface area (Å²) in [6.07, 6.45) is 9.81. The van der Waals surface area contributed by atoms with Crippen molar-refractivity contribution >= 4 is 43.4 Å². The first-order chi connectivity index (χ1) is 13.9. The van der Waals surface area contributed by atoms with E-state index in [9.17, 15) is 9.59 Å². The van der Waals surface area contributed by atoms with Crippen molar-refractivity contribution in [1.29, 1.82) is 0 Å². The highest BCUT2D eigenvalue weighted by Gasteiger charge is 2.43. The van der Waals surface area contributed by atoms with Crippen molar-refractivity contribution in [3.8, 4) is 18.1 Å². The van der Waals surface area contributed by atoms with Crippen molar-refractivity contribution in [1.82, 2.24) is 4.90 Å². The summed E-state index contributed by atoms with van der Waals surface area (Å²) < 4.78 is 7.49. The minimum atomic E-state index is -0.418. The van der Waals surface area contributed by atoms with Gasteiger partial charge in [-0.15, -0.1) is 6.42 Å². The second-order valence-electron chi connectivity index (χ2n) is 7.56. The zero-order valence-corrected chi connectivity index (χ0v) is 19.4. The van der Waals surface area contributed by atoms with Gasteiger partial charge in [-0.1, -0.05) is 21.9 Å². The lowest BCUT2D eigenvalue weighted by molar-refractivity contribution is -0.117. The number of terminal acetylenes is 1. The molecule has 3 aliphatic rings. The maximum Gasteiger partial charge on any atom is 0.161 e. The Kier molecular flexibility index (Phi) is 5.72. The van der Waals surface area contributed by atoms with E-state index in [1.54, 1.807) is 0 Å². The second kappa shape index (κ2) is 8.12. The Labute approximate surface area is 187 Å². The molecule has 150 valence electrons. The van der Waals surface area contributed by atoms with Gasteiger partial charge in [0.25, 0.3) is 0 Å². The normalized spacial score (nSPS) is 19.9. The maximum atomic E-state index is 13.1. The Morgan fingerprint density at radius 3 is 2.21 bits per heavy atom. The van der Waals surface area contributed by atoms with Gasteiger partial charge in [0.05, 0.1) is 4.47 Å². The van der Waals surface area contributed by atoms with Crippen molar-refractivity contribution in [2.24, 2.45) is 0 Å². The fourth-order valence-corrected chi connectivity index (χ4v) is 6.10. The number of benzene rings is 1.